The number of nitrogens with zero attached hydrogens (tertiary/aromatic N) is 2. The first-order valence-electron chi connectivity index (χ1n) is 9.28. The van der Waals surface area contributed by atoms with Crippen LogP contribution in [0.3, 0.4) is 0 Å². The lowest BCUT2D eigenvalue weighted by molar-refractivity contribution is 0.175. The van der Waals surface area contributed by atoms with Crippen LogP contribution in [0.4, 0.5) is 0 Å². The van der Waals surface area contributed by atoms with E-state index >= 15 is 0 Å². The highest BCUT2D eigenvalue weighted by molar-refractivity contribution is 5.44. The van der Waals surface area contributed by atoms with Gasteiger partial charge >= 0.3 is 0 Å². The molecule has 1 aliphatic rings. The molecule has 1 atom stereocenters. The minimum atomic E-state index is 0.155. The van der Waals surface area contributed by atoms with Crippen molar-refractivity contribution in [1.29, 1.82) is 5.26 Å². The first-order chi connectivity index (χ1) is 12.7. The highest BCUT2D eigenvalue weighted by Gasteiger charge is 2.23. The molecule has 4 nitrogen and oxygen atoms in total. The first-order valence-corrected chi connectivity index (χ1v) is 9.28. The van der Waals surface area contributed by atoms with Gasteiger partial charge in [-0.25, -0.2) is 0 Å². The second-order valence-corrected chi connectivity index (χ2v) is 6.92. The van der Waals surface area contributed by atoms with Crippen LogP contribution in [-0.2, 0) is 6.61 Å². The molecule has 1 N–H and O–H groups in total. The van der Waals surface area contributed by atoms with Crippen LogP contribution in [0.2, 0.25) is 0 Å². The molecule has 0 unspecified atom stereocenters. The van der Waals surface area contributed by atoms with Crippen LogP contribution in [0.25, 0.3) is 0 Å². The van der Waals surface area contributed by atoms with Gasteiger partial charge in [0.25, 0.3) is 0 Å². The predicted octanol–water partition coefficient (Wildman–Crippen LogP) is 3.74. The van der Waals surface area contributed by atoms with E-state index in [0.29, 0.717) is 13.0 Å². The maximum Gasteiger partial charge on any atom is 0.125 e. The fraction of sp³-hybridized carbons (Fsp3) is 0.409. The van der Waals surface area contributed by atoms with E-state index in [9.17, 15) is 5.26 Å². The number of aryl methyl sites for hydroxylation is 2. The van der Waals surface area contributed by atoms with E-state index < -0.39 is 0 Å². The lowest BCUT2D eigenvalue weighted by atomic mass is 9.96. The molecule has 136 valence electrons. The van der Waals surface area contributed by atoms with Crippen LogP contribution in [0.5, 0.6) is 5.75 Å². The van der Waals surface area contributed by atoms with Crippen molar-refractivity contribution in [2.75, 3.05) is 26.2 Å². The number of piperazine rings is 1. The summed E-state index contributed by atoms with van der Waals surface area (Å²) >= 11 is 0. The number of hydrogen-bond acceptors (Lipinski definition) is 4. The van der Waals surface area contributed by atoms with Crippen LogP contribution in [0.1, 0.15) is 34.7 Å². The summed E-state index contributed by atoms with van der Waals surface area (Å²) in [6, 6.07) is 17.1. The van der Waals surface area contributed by atoms with Gasteiger partial charge in [-0.05, 0) is 36.1 Å². The minimum absolute atomic E-state index is 0.155. The number of hydrogen-bond donors (Lipinski definition) is 1. The summed E-state index contributed by atoms with van der Waals surface area (Å²) in [5.74, 6) is 0.952. The molecular weight excluding hydrogens is 322 g/mol. The van der Waals surface area contributed by atoms with Gasteiger partial charge in [0, 0.05) is 32.2 Å². The van der Waals surface area contributed by atoms with E-state index in [1.165, 1.54) is 11.1 Å². The highest BCUT2D eigenvalue weighted by atomic mass is 16.5. The Balaban J connectivity index is 1.79. The Labute approximate surface area is 156 Å². The van der Waals surface area contributed by atoms with Gasteiger partial charge in [0.15, 0.2) is 0 Å². The number of ether oxygens (including phenoxy) is 1. The molecule has 0 aromatic heterocycles. The molecule has 3 rings (SSSR count). The topological polar surface area (TPSA) is 48.3 Å². The molecule has 2 aromatic rings. The molecule has 1 aliphatic heterocycles. The lowest BCUT2D eigenvalue weighted by Crippen LogP contribution is -2.45. The van der Waals surface area contributed by atoms with Crippen molar-refractivity contribution in [3.63, 3.8) is 0 Å². The Morgan fingerprint density at radius 1 is 1.12 bits per heavy atom. The summed E-state index contributed by atoms with van der Waals surface area (Å²) in [6.45, 7) is 8.70. The Morgan fingerprint density at radius 3 is 2.38 bits per heavy atom. The zero-order valence-corrected chi connectivity index (χ0v) is 15.7. The van der Waals surface area contributed by atoms with Crippen molar-refractivity contribution < 1.29 is 4.74 Å². The number of nitriles is 1. The fourth-order valence-electron chi connectivity index (χ4n) is 3.67. The van der Waals surface area contributed by atoms with Gasteiger partial charge in [-0.2, -0.15) is 5.26 Å². The maximum absolute atomic E-state index is 9.32. The second kappa shape index (κ2) is 8.84. The highest BCUT2D eigenvalue weighted by Crippen LogP contribution is 2.32. The Hall–Kier alpha value is -2.35. The predicted molar refractivity (Wildman–Crippen MR) is 104 cm³/mol. The van der Waals surface area contributed by atoms with E-state index in [2.05, 4.69) is 54.4 Å². The molecule has 0 bridgehead atoms. The molecular formula is C22H27N3O. The summed E-state index contributed by atoms with van der Waals surface area (Å²) in [5, 5.41) is 12.7. The SMILES string of the molecule is Cc1cc([C@H](CC#N)N2CCNCC2)cc(C)c1OCc1ccccc1. The van der Waals surface area contributed by atoms with Gasteiger partial charge in [0.1, 0.15) is 12.4 Å². The zero-order valence-electron chi connectivity index (χ0n) is 15.7. The van der Waals surface area contributed by atoms with Crippen molar-refractivity contribution >= 4 is 0 Å². The van der Waals surface area contributed by atoms with Crippen molar-refractivity contribution in [2.24, 2.45) is 0 Å². The van der Waals surface area contributed by atoms with Crippen molar-refractivity contribution in [1.82, 2.24) is 10.2 Å². The van der Waals surface area contributed by atoms with Crippen molar-refractivity contribution in [2.45, 2.75) is 32.9 Å². The number of nitrogens with one attached hydrogen (secondary N) is 1. The standard InChI is InChI=1S/C22H27N3O/c1-17-14-20(21(8-9-23)25-12-10-24-11-13-25)15-18(2)22(17)26-16-19-6-4-3-5-7-19/h3-7,14-15,21,24H,8,10-13,16H2,1-2H3/t21-/m0/s1. The van der Waals surface area contributed by atoms with Crippen molar-refractivity contribution in [3.8, 4) is 11.8 Å². The van der Waals surface area contributed by atoms with E-state index in [1.807, 2.05) is 18.2 Å². The summed E-state index contributed by atoms with van der Waals surface area (Å²) in [4.78, 5) is 2.42. The van der Waals surface area contributed by atoms with Crippen molar-refractivity contribution in [3.05, 3.63) is 64.7 Å². The third kappa shape index (κ3) is 4.43. The van der Waals surface area contributed by atoms with Crippen LogP contribution in [0, 0.1) is 25.2 Å². The summed E-state index contributed by atoms with van der Waals surface area (Å²) < 4.78 is 6.11. The molecule has 1 fully saturated rings. The molecule has 26 heavy (non-hydrogen) atoms. The van der Waals surface area contributed by atoms with E-state index in [-0.39, 0.29) is 6.04 Å². The van der Waals surface area contributed by atoms with Gasteiger partial charge in [-0.1, -0.05) is 42.5 Å². The Kier molecular flexibility index (Phi) is 6.27. The van der Waals surface area contributed by atoms with Gasteiger partial charge in [-0.15, -0.1) is 0 Å². The molecule has 2 aromatic carbocycles. The van der Waals surface area contributed by atoms with Crippen LogP contribution < -0.4 is 10.1 Å². The summed E-state index contributed by atoms with van der Waals surface area (Å²) in [7, 11) is 0. The molecule has 0 saturated carbocycles. The Morgan fingerprint density at radius 2 is 1.77 bits per heavy atom. The summed E-state index contributed by atoms with van der Waals surface area (Å²) in [6.07, 6.45) is 0.517. The van der Waals surface area contributed by atoms with E-state index in [1.54, 1.807) is 0 Å². The van der Waals surface area contributed by atoms with Gasteiger partial charge in [-0.3, -0.25) is 4.90 Å². The molecule has 0 spiro atoms. The fourth-order valence-corrected chi connectivity index (χ4v) is 3.67. The van der Waals surface area contributed by atoms with Crippen LogP contribution >= 0.6 is 0 Å². The third-order valence-electron chi connectivity index (χ3n) is 4.97. The average Bonchev–Trinajstić information content (AvgIpc) is 2.67. The minimum Gasteiger partial charge on any atom is -0.488 e. The molecule has 0 amide bonds. The largest absolute Gasteiger partial charge is 0.488 e. The van der Waals surface area contributed by atoms with Gasteiger partial charge < -0.3 is 10.1 Å². The average molecular weight is 349 g/mol. The van der Waals surface area contributed by atoms with Gasteiger partial charge in [0.05, 0.1) is 12.5 Å². The third-order valence-corrected chi connectivity index (χ3v) is 4.97. The Bertz CT molecular complexity index is 738. The maximum atomic E-state index is 9.32. The first kappa shape index (κ1) is 18.4. The van der Waals surface area contributed by atoms with E-state index in [0.717, 1.165) is 43.1 Å². The second-order valence-electron chi connectivity index (χ2n) is 6.92. The molecule has 0 radical (unpaired) electrons. The van der Waals surface area contributed by atoms with Crippen LogP contribution in [-0.4, -0.2) is 31.1 Å². The van der Waals surface area contributed by atoms with E-state index in [4.69, 9.17) is 4.74 Å². The normalized spacial score (nSPS) is 16.0. The molecule has 1 saturated heterocycles. The molecule has 4 heteroatoms. The zero-order chi connectivity index (χ0) is 18.4. The van der Waals surface area contributed by atoms with Crippen LogP contribution in [0.15, 0.2) is 42.5 Å². The number of benzene rings is 2. The monoisotopic (exact) mass is 349 g/mol. The summed E-state index contributed by atoms with van der Waals surface area (Å²) in [5.41, 5.74) is 4.65. The quantitative estimate of drug-likeness (QED) is 0.863. The number of rotatable bonds is 6. The van der Waals surface area contributed by atoms with Gasteiger partial charge in [0.2, 0.25) is 0 Å². The smallest absolute Gasteiger partial charge is 0.125 e. The molecule has 1 heterocycles. The lowest BCUT2D eigenvalue weighted by Gasteiger charge is -2.34. The molecule has 0 aliphatic carbocycles.